The zero-order chi connectivity index (χ0) is 16.5. The van der Waals surface area contributed by atoms with E-state index in [1.165, 1.54) is 12.2 Å². The van der Waals surface area contributed by atoms with E-state index in [1.807, 2.05) is 6.26 Å². The molecule has 0 bridgehead atoms. The largest absolute Gasteiger partial charge is 0.394 e. The fraction of sp³-hybridized carbons (Fsp3) is 0.462. The number of hydrogen-bond acceptors (Lipinski definition) is 6. The van der Waals surface area contributed by atoms with Crippen LogP contribution in [-0.4, -0.2) is 50.7 Å². The Bertz CT molecular complexity index is 639. The molecule has 4 N–H and O–H groups in total. The van der Waals surface area contributed by atoms with E-state index in [2.05, 4.69) is 15.3 Å². The molecule has 0 aliphatic rings. The Labute approximate surface area is 136 Å². The molecule has 0 unspecified atom stereocenters. The number of amides is 1. The molecule has 1 amide bonds. The highest BCUT2D eigenvalue weighted by molar-refractivity contribution is 8.15. The highest BCUT2D eigenvalue weighted by Crippen LogP contribution is 2.09. The number of rotatable bonds is 8. The van der Waals surface area contributed by atoms with Gasteiger partial charge >= 0.3 is 5.69 Å². The molecule has 0 saturated carbocycles. The van der Waals surface area contributed by atoms with E-state index in [9.17, 15) is 19.5 Å². The number of aromatic amines is 2. The topological polar surface area (TPSA) is 115 Å². The maximum Gasteiger partial charge on any atom is 0.325 e. The summed E-state index contributed by atoms with van der Waals surface area (Å²) in [6, 6.07) is -0.343. The van der Waals surface area contributed by atoms with Gasteiger partial charge in [0.15, 0.2) is 0 Å². The molecule has 1 aromatic heterocycles. The molecule has 0 aliphatic carbocycles. The summed E-state index contributed by atoms with van der Waals surface area (Å²) in [5, 5.41) is 12.8. The van der Waals surface area contributed by atoms with E-state index in [0.29, 0.717) is 11.4 Å². The van der Waals surface area contributed by atoms with Crippen LogP contribution in [0.3, 0.4) is 0 Å². The molecule has 0 aliphatic heterocycles. The summed E-state index contributed by atoms with van der Waals surface area (Å²) in [6.45, 7) is 1.42. The fourth-order valence-corrected chi connectivity index (χ4v) is 3.16. The van der Waals surface area contributed by atoms with E-state index >= 15 is 0 Å². The first-order valence-electron chi connectivity index (χ1n) is 6.47. The summed E-state index contributed by atoms with van der Waals surface area (Å²) in [5.74, 6) is 0.198. The molecule has 9 heteroatoms. The molecule has 1 rings (SSSR count). The molecule has 1 atom stereocenters. The lowest BCUT2D eigenvalue weighted by Gasteiger charge is -2.14. The number of aryl methyl sites for hydroxylation is 1. The number of aliphatic hydroxyl groups excluding tert-OH is 1. The minimum atomic E-state index is -0.588. The van der Waals surface area contributed by atoms with Gasteiger partial charge in [0.2, 0.25) is 5.91 Å². The number of H-pyrrole nitrogens is 2. The van der Waals surface area contributed by atoms with Gasteiger partial charge in [-0.25, -0.2) is 4.79 Å². The van der Waals surface area contributed by atoms with E-state index < -0.39 is 17.2 Å². The SMILES string of the molecule is CSCSC[C@H](CO)NC(=O)/C=C/c1c(C)[nH]c(=O)[nH]c1=O. The Morgan fingerprint density at radius 1 is 1.41 bits per heavy atom. The van der Waals surface area contributed by atoms with Crippen molar-refractivity contribution < 1.29 is 9.90 Å². The standard InChI is InChI=1S/C13H19N3O4S2/c1-8-10(12(19)16-13(20)14-8)3-4-11(18)15-9(5-17)6-22-7-21-2/h3-4,9,17H,5-7H2,1-2H3,(H,15,18)(H2,14,16,19,20)/b4-3+/t9-/m0/s1. The third-order valence-corrected chi connectivity index (χ3v) is 4.91. The first-order chi connectivity index (χ1) is 10.5. The van der Waals surface area contributed by atoms with Gasteiger partial charge in [0, 0.05) is 22.6 Å². The summed E-state index contributed by atoms with van der Waals surface area (Å²) >= 11 is 3.29. The molecule has 0 fully saturated rings. The molecule has 1 heterocycles. The van der Waals surface area contributed by atoms with Crippen LogP contribution in [0.4, 0.5) is 0 Å². The number of aromatic nitrogens is 2. The van der Waals surface area contributed by atoms with Gasteiger partial charge in [-0.3, -0.25) is 14.6 Å². The van der Waals surface area contributed by atoms with Crippen molar-refractivity contribution in [2.24, 2.45) is 0 Å². The van der Waals surface area contributed by atoms with E-state index in [4.69, 9.17) is 0 Å². The summed E-state index contributed by atoms with van der Waals surface area (Å²) in [7, 11) is 0. The van der Waals surface area contributed by atoms with Gasteiger partial charge in [-0.15, -0.1) is 11.8 Å². The normalized spacial score (nSPS) is 12.5. The lowest BCUT2D eigenvalue weighted by Crippen LogP contribution is -2.38. The second-order valence-corrected chi connectivity index (χ2v) is 6.71. The van der Waals surface area contributed by atoms with Crippen LogP contribution in [-0.2, 0) is 4.79 Å². The van der Waals surface area contributed by atoms with Gasteiger partial charge in [0.05, 0.1) is 18.2 Å². The minimum Gasteiger partial charge on any atom is -0.394 e. The number of aliphatic hydroxyl groups is 1. The van der Waals surface area contributed by atoms with Gasteiger partial charge in [0.1, 0.15) is 0 Å². The van der Waals surface area contributed by atoms with Gasteiger partial charge in [-0.05, 0) is 19.3 Å². The monoisotopic (exact) mass is 345 g/mol. The first kappa shape index (κ1) is 18.6. The van der Waals surface area contributed by atoms with Gasteiger partial charge in [0.25, 0.3) is 5.56 Å². The Morgan fingerprint density at radius 3 is 2.73 bits per heavy atom. The van der Waals surface area contributed by atoms with Gasteiger partial charge < -0.3 is 15.4 Å². The van der Waals surface area contributed by atoms with E-state index in [0.717, 1.165) is 5.08 Å². The van der Waals surface area contributed by atoms with Crippen molar-refractivity contribution in [3.63, 3.8) is 0 Å². The predicted octanol–water partition coefficient (Wildman–Crippen LogP) is -0.0844. The Kier molecular flexibility index (Phi) is 8.07. The molecule has 7 nitrogen and oxygen atoms in total. The Balaban J connectivity index is 2.68. The van der Waals surface area contributed by atoms with Crippen LogP contribution >= 0.6 is 23.5 Å². The number of nitrogens with one attached hydrogen (secondary N) is 3. The molecule has 22 heavy (non-hydrogen) atoms. The average molecular weight is 345 g/mol. The van der Waals surface area contributed by atoms with E-state index in [1.54, 1.807) is 30.4 Å². The molecule has 0 radical (unpaired) electrons. The average Bonchev–Trinajstić information content (AvgIpc) is 2.45. The van der Waals surface area contributed by atoms with Crippen molar-refractivity contribution in [2.45, 2.75) is 13.0 Å². The number of carbonyl (C=O) groups is 1. The van der Waals surface area contributed by atoms with Crippen LogP contribution in [0.2, 0.25) is 0 Å². The third kappa shape index (κ3) is 6.12. The summed E-state index contributed by atoms with van der Waals surface area (Å²) in [6.07, 6.45) is 4.52. The number of carbonyl (C=O) groups excluding carboxylic acids is 1. The van der Waals surface area contributed by atoms with Crippen LogP contribution < -0.4 is 16.6 Å². The third-order valence-electron chi connectivity index (χ3n) is 2.67. The molecule has 0 saturated heterocycles. The zero-order valence-electron chi connectivity index (χ0n) is 12.3. The van der Waals surface area contributed by atoms with Crippen LogP contribution in [0.5, 0.6) is 0 Å². The summed E-state index contributed by atoms with van der Waals surface area (Å²) < 4.78 is 0. The maximum atomic E-state index is 11.8. The smallest absolute Gasteiger partial charge is 0.325 e. The fourth-order valence-electron chi connectivity index (χ4n) is 1.63. The van der Waals surface area contributed by atoms with Crippen molar-refractivity contribution >= 4 is 35.5 Å². The number of hydrogen-bond donors (Lipinski definition) is 4. The second kappa shape index (κ2) is 9.54. The van der Waals surface area contributed by atoms with Crippen molar-refractivity contribution in [3.05, 3.63) is 38.2 Å². The van der Waals surface area contributed by atoms with Gasteiger partial charge in [-0.2, -0.15) is 11.8 Å². The highest BCUT2D eigenvalue weighted by atomic mass is 32.2. The molecule has 0 spiro atoms. The Hall–Kier alpha value is -1.45. The molecular formula is C13H19N3O4S2. The first-order valence-corrected chi connectivity index (χ1v) is 9.02. The van der Waals surface area contributed by atoms with Crippen molar-refractivity contribution in [3.8, 4) is 0 Å². The maximum absolute atomic E-state index is 11.8. The molecule has 0 aromatic carbocycles. The predicted molar refractivity (Wildman–Crippen MR) is 91.3 cm³/mol. The van der Waals surface area contributed by atoms with Gasteiger partial charge in [-0.1, -0.05) is 0 Å². The summed E-state index contributed by atoms with van der Waals surface area (Å²) in [4.78, 5) is 39.0. The van der Waals surface area contributed by atoms with Crippen molar-refractivity contribution in [1.82, 2.24) is 15.3 Å². The molecule has 1 aromatic rings. The number of thioether (sulfide) groups is 2. The zero-order valence-corrected chi connectivity index (χ0v) is 14.0. The van der Waals surface area contributed by atoms with Crippen LogP contribution in [0, 0.1) is 6.92 Å². The van der Waals surface area contributed by atoms with Crippen LogP contribution in [0.1, 0.15) is 11.3 Å². The van der Waals surface area contributed by atoms with Crippen molar-refractivity contribution in [1.29, 1.82) is 0 Å². The molecular weight excluding hydrogens is 326 g/mol. The Morgan fingerprint density at radius 2 is 2.14 bits per heavy atom. The lowest BCUT2D eigenvalue weighted by molar-refractivity contribution is -0.117. The van der Waals surface area contributed by atoms with Crippen molar-refractivity contribution in [2.75, 3.05) is 23.7 Å². The highest BCUT2D eigenvalue weighted by Gasteiger charge is 2.10. The molecule has 122 valence electrons. The lowest BCUT2D eigenvalue weighted by atomic mass is 10.2. The van der Waals surface area contributed by atoms with Crippen LogP contribution in [0.15, 0.2) is 15.7 Å². The second-order valence-electron chi connectivity index (χ2n) is 4.45. The summed E-state index contributed by atoms with van der Waals surface area (Å²) in [5.41, 5.74) is -0.547. The van der Waals surface area contributed by atoms with E-state index in [-0.39, 0.29) is 18.2 Å². The minimum absolute atomic E-state index is 0.154. The van der Waals surface area contributed by atoms with Crippen LogP contribution in [0.25, 0.3) is 6.08 Å². The quantitative estimate of drug-likeness (QED) is 0.297.